The molecule has 1 aromatic rings. The van der Waals surface area contributed by atoms with Crippen molar-refractivity contribution in [3.05, 3.63) is 28.8 Å². The lowest BCUT2D eigenvalue weighted by atomic mass is 10.0. The zero-order chi connectivity index (χ0) is 16.9. The second-order valence-electron chi connectivity index (χ2n) is 6.98. The number of carbonyl (C=O) groups is 1. The summed E-state index contributed by atoms with van der Waals surface area (Å²) in [6.45, 7) is 11.1. The van der Waals surface area contributed by atoms with Gasteiger partial charge in [0.25, 0.3) is 0 Å². The molecule has 0 radical (unpaired) electrons. The molecule has 1 aromatic carbocycles. The Hall–Kier alpha value is -1.39. The number of rotatable bonds is 7. The van der Waals surface area contributed by atoms with Gasteiger partial charge in [-0.3, -0.25) is 4.79 Å². The summed E-state index contributed by atoms with van der Waals surface area (Å²) in [5, 5.41) is 12.8. The van der Waals surface area contributed by atoms with Crippen LogP contribution < -0.4 is 5.32 Å². The third kappa shape index (κ3) is 6.58. The van der Waals surface area contributed by atoms with Crippen molar-refractivity contribution in [2.45, 2.75) is 53.1 Å². The summed E-state index contributed by atoms with van der Waals surface area (Å²) in [4.78, 5) is 14.1. The van der Waals surface area contributed by atoms with Crippen LogP contribution in [0.15, 0.2) is 12.1 Å². The maximum Gasteiger partial charge on any atom is 0.224 e. The van der Waals surface area contributed by atoms with Crippen molar-refractivity contribution in [2.24, 2.45) is 0 Å². The van der Waals surface area contributed by atoms with Crippen molar-refractivity contribution in [1.82, 2.24) is 4.90 Å². The molecule has 0 saturated carbocycles. The fraction of sp³-hybridized carbons (Fsp3) is 0.611. The highest BCUT2D eigenvalue weighted by molar-refractivity contribution is 5.92. The molecule has 0 bridgehead atoms. The molecular weight excluding hydrogens is 276 g/mol. The monoisotopic (exact) mass is 306 g/mol. The van der Waals surface area contributed by atoms with Crippen molar-refractivity contribution < 1.29 is 9.90 Å². The third-order valence-electron chi connectivity index (χ3n) is 3.54. The molecule has 0 aliphatic heterocycles. The first-order valence-corrected chi connectivity index (χ1v) is 7.87. The van der Waals surface area contributed by atoms with Crippen molar-refractivity contribution in [3.63, 3.8) is 0 Å². The van der Waals surface area contributed by atoms with E-state index in [4.69, 9.17) is 0 Å². The van der Waals surface area contributed by atoms with Gasteiger partial charge in [0.1, 0.15) is 0 Å². The molecule has 0 saturated heterocycles. The third-order valence-corrected chi connectivity index (χ3v) is 3.54. The Labute approximate surface area is 134 Å². The molecule has 4 nitrogen and oxygen atoms in total. The quantitative estimate of drug-likeness (QED) is 0.814. The standard InChI is InChI=1S/C18H30N2O2/c1-13-10-14(2)17(15(3)11-13)19-16(21)8-7-9-20(6)12-18(4,5)22/h10-11,22H,7-9,12H2,1-6H3,(H,19,21). The molecule has 0 heterocycles. The van der Waals surface area contributed by atoms with E-state index in [2.05, 4.69) is 29.3 Å². The molecular formula is C18H30N2O2. The zero-order valence-corrected chi connectivity index (χ0v) is 14.8. The number of hydrogen-bond donors (Lipinski definition) is 2. The number of nitrogens with zero attached hydrogens (tertiary/aromatic N) is 1. The van der Waals surface area contributed by atoms with E-state index < -0.39 is 5.60 Å². The van der Waals surface area contributed by atoms with Crippen LogP contribution in [-0.2, 0) is 4.79 Å². The Balaban J connectivity index is 2.45. The minimum absolute atomic E-state index is 0.0479. The van der Waals surface area contributed by atoms with E-state index in [0.717, 1.165) is 29.8 Å². The predicted molar refractivity (Wildman–Crippen MR) is 92.3 cm³/mol. The van der Waals surface area contributed by atoms with Crippen molar-refractivity contribution in [3.8, 4) is 0 Å². The number of benzene rings is 1. The van der Waals surface area contributed by atoms with Crippen LogP contribution in [0.5, 0.6) is 0 Å². The zero-order valence-electron chi connectivity index (χ0n) is 14.8. The van der Waals surface area contributed by atoms with Crippen LogP contribution in [0.25, 0.3) is 0 Å². The molecule has 0 spiro atoms. The highest BCUT2D eigenvalue weighted by atomic mass is 16.3. The van der Waals surface area contributed by atoms with Crippen molar-refractivity contribution in [1.29, 1.82) is 0 Å². The Morgan fingerprint density at radius 2 is 1.77 bits per heavy atom. The van der Waals surface area contributed by atoms with Crippen molar-refractivity contribution in [2.75, 3.05) is 25.5 Å². The van der Waals surface area contributed by atoms with Gasteiger partial charge in [-0.15, -0.1) is 0 Å². The summed E-state index contributed by atoms with van der Waals surface area (Å²) < 4.78 is 0. The van der Waals surface area contributed by atoms with Crippen LogP contribution in [0.2, 0.25) is 0 Å². The molecule has 0 aliphatic rings. The number of aryl methyl sites for hydroxylation is 3. The van der Waals surface area contributed by atoms with E-state index in [0.29, 0.717) is 13.0 Å². The molecule has 0 atom stereocenters. The van der Waals surface area contributed by atoms with Crippen LogP contribution in [0.1, 0.15) is 43.4 Å². The summed E-state index contributed by atoms with van der Waals surface area (Å²) in [5.41, 5.74) is 3.64. The fourth-order valence-corrected chi connectivity index (χ4v) is 2.83. The van der Waals surface area contributed by atoms with E-state index in [-0.39, 0.29) is 5.91 Å². The van der Waals surface area contributed by atoms with Gasteiger partial charge in [0, 0.05) is 18.7 Å². The van der Waals surface area contributed by atoms with Crippen LogP contribution in [0.4, 0.5) is 5.69 Å². The van der Waals surface area contributed by atoms with Gasteiger partial charge in [-0.1, -0.05) is 17.7 Å². The van der Waals surface area contributed by atoms with E-state index >= 15 is 0 Å². The number of hydrogen-bond acceptors (Lipinski definition) is 3. The molecule has 1 rings (SSSR count). The smallest absolute Gasteiger partial charge is 0.224 e. The average molecular weight is 306 g/mol. The number of nitrogens with one attached hydrogen (secondary N) is 1. The first-order chi connectivity index (χ1) is 10.1. The second-order valence-corrected chi connectivity index (χ2v) is 6.98. The van der Waals surface area contributed by atoms with Gasteiger partial charge in [-0.2, -0.15) is 0 Å². The summed E-state index contributed by atoms with van der Waals surface area (Å²) in [6, 6.07) is 4.17. The summed E-state index contributed by atoms with van der Waals surface area (Å²) in [7, 11) is 1.96. The van der Waals surface area contributed by atoms with Crippen molar-refractivity contribution >= 4 is 11.6 Å². The van der Waals surface area contributed by atoms with Gasteiger partial charge in [0.15, 0.2) is 0 Å². The molecule has 1 amide bonds. The van der Waals surface area contributed by atoms with E-state index in [1.165, 1.54) is 5.56 Å². The lowest BCUT2D eigenvalue weighted by Crippen LogP contribution is -2.36. The highest BCUT2D eigenvalue weighted by Gasteiger charge is 2.15. The topological polar surface area (TPSA) is 52.6 Å². The first-order valence-electron chi connectivity index (χ1n) is 7.87. The van der Waals surface area contributed by atoms with Gasteiger partial charge < -0.3 is 15.3 Å². The Morgan fingerprint density at radius 3 is 2.27 bits per heavy atom. The van der Waals surface area contributed by atoms with Gasteiger partial charge in [0.05, 0.1) is 5.60 Å². The van der Waals surface area contributed by atoms with Gasteiger partial charge >= 0.3 is 0 Å². The minimum atomic E-state index is -0.701. The summed E-state index contributed by atoms with van der Waals surface area (Å²) in [6.07, 6.45) is 1.27. The molecule has 0 aromatic heterocycles. The summed E-state index contributed by atoms with van der Waals surface area (Å²) in [5.74, 6) is 0.0479. The number of likely N-dealkylation sites (N-methyl/N-ethyl adjacent to an activating group) is 1. The average Bonchev–Trinajstić information content (AvgIpc) is 2.31. The second kappa shape index (κ2) is 7.75. The van der Waals surface area contributed by atoms with Gasteiger partial charge in [0.2, 0.25) is 5.91 Å². The predicted octanol–water partition coefficient (Wildman–Crippen LogP) is 3.03. The SMILES string of the molecule is Cc1cc(C)c(NC(=O)CCCN(C)CC(C)(C)O)c(C)c1. The normalized spacial score (nSPS) is 11.8. The van der Waals surface area contributed by atoms with E-state index in [1.807, 2.05) is 20.9 Å². The molecule has 0 aliphatic carbocycles. The van der Waals surface area contributed by atoms with Gasteiger partial charge in [-0.05, 0) is 65.8 Å². The number of carbonyl (C=O) groups excluding carboxylic acids is 1. The maximum atomic E-state index is 12.1. The van der Waals surface area contributed by atoms with Crippen LogP contribution >= 0.6 is 0 Å². The highest BCUT2D eigenvalue weighted by Crippen LogP contribution is 2.22. The summed E-state index contributed by atoms with van der Waals surface area (Å²) >= 11 is 0. The molecule has 124 valence electrons. The lowest BCUT2D eigenvalue weighted by Gasteiger charge is -2.25. The van der Waals surface area contributed by atoms with Crippen LogP contribution in [-0.4, -0.2) is 41.7 Å². The molecule has 22 heavy (non-hydrogen) atoms. The Morgan fingerprint density at radius 1 is 1.23 bits per heavy atom. The molecule has 0 fully saturated rings. The van der Waals surface area contributed by atoms with Crippen LogP contribution in [0, 0.1) is 20.8 Å². The Bertz CT molecular complexity index is 495. The first kappa shape index (κ1) is 18.7. The minimum Gasteiger partial charge on any atom is -0.389 e. The lowest BCUT2D eigenvalue weighted by molar-refractivity contribution is -0.116. The molecule has 2 N–H and O–H groups in total. The van der Waals surface area contributed by atoms with Crippen LogP contribution in [0.3, 0.4) is 0 Å². The number of anilines is 1. The van der Waals surface area contributed by atoms with E-state index in [9.17, 15) is 9.90 Å². The molecule has 0 unspecified atom stereocenters. The number of amides is 1. The number of aliphatic hydroxyl groups is 1. The molecule has 4 heteroatoms. The van der Waals surface area contributed by atoms with Gasteiger partial charge in [-0.25, -0.2) is 0 Å². The largest absolute Gasteiger partial charge is 0.389 e. The fourth-order valence-electron chi connectivity index (χ4n) is 2.83. The maximum absolute atomic E-state index is 12.1. The Kier molecular flexibility index (Phi) is 6.57. The van der Waals surface area contributed by atoms with E-state index in [1.54, 1.807) is 13.8 Å².